The van der Waals surface area contributed by atoms with E-state index in [1.807, 2.05) is 6.26 Å². The molecule has 0 bridgehead atoms. The highest BCUT2D eigenvalue weighted by molar-refractivity contribution is 7.98. The zero-order valence-corrected chi connectivity index (χ0v) is 11.7. The molecular weight excluding hydrogens is 262 g/mol. The maximum absolute atomic E-state index is 12.2. The van der Waals surface area contributed by atoms with Gasteiger partial charge in [0, 0.05) is 30.6 Å². The SMILES string of the molecule is CSCCN(C)S(=O)(=O)c1n[nH]c(C)c1CO. The third-order valence-electron chi connectivity index (χ3n) is 2.46. The number of nitrogens with zero attached hydrogens (tertiary/aromatic N) is 2. The second-order valence-electron chi connectivity index (χ2n) is 3.61. The van der Waals surface area contributed by atoms with Crippen molar-refractivity contribution in [3.63, 3.8) is 0 Å². The summed E-state index contributed by atoms with van der Waals surface area (Å²) in [5.74, 6) is 0.716. The highest BCUT2D eigenvalue weighted by atomic mass is 32.2. The van der Waals surface area contributed by atoms with Crippen LogP contribution in [0.5, 0.6) is 0 Å². The maximum Gasteiger partial charge on any atom is 0.262 e. The Kier molecular flexibility index (Phi) is 4.99. The minimum Gasteiger partial charge on any atom is -0.392 e. The Morgan fingerprint density at radius 3 is 2.71 bits per heavy atom. The van der Waals surface area contributed by atoms with Gasteiger partial charge in [-0.15, -0.1) is 0 Å². The van der Waals surface area contributed by atoms with Gasteiger partial charge < -0.3 is 5.11 Å². The van der Waals surface area contributed by atoms with E-state index in [0.29, 0.717) is 23.6 Å². The topological polar surface area (TPSA) is 86.3 Å². The number of H-pyrrole nitrogens is 1. The summed E-state index contributed by atoms with van der Waals surface area (Å²) in [4.78, 5) is 0. The van der Waals surface area contributed by atoms with E-state index in [1.165, 1.54) is 11.4 Å². The molecule has 0 saturated carbocycles. The lowest BCUT2D eigenvalue weighted by atomic mass is 10.3. The fraction of sp³-hybridized carbons (Fsp3) is 0.667. The van der Waals surface area contributed by atoms with Crippen LogP contribution >= 0.6 is 11.8 Å². The van der Waals surface area contributed by atoms with E-state index in [4.69, 9.17) is 5.11 Å². The molecule has 0 aromatic carbocycles. The smallest absolute Gasteiger partial charge is 0.262 e. The predicted molar refractivity (Wildman–Crippen MR) is 67.4 cm³/mol. The summed E-state index contributed by atoms with van der Waals surface area (Å²) in [6.07, 6.45) is 1.91. The average Bonchev–Trinajstić information content (AvgIpc) is 2.67. The average molecular weight is 279 g/mol. The molecule has 1 rings (SSSR count). The molecule has 0 atom stereocenters. The van der Waals surface area contributed by atoms with E-state index in [2.05, 4.69) is 10.2 Å². The first kappa shape index (κ1) is 14.5. The molecule has 1 aromatic rings. The van der Waals surface area contributed by atoms with Crippen LogP contribution in [0.4, 0.5) is 0 Å². The van der Waals surface area contributed by atoms with Crippen LogP contribution in [0, 0.1) is 6.92 Å². The van der Waals surface area contributed by atoms with Gasteiger partial charge in [0.05, 0.1) is 6.61 Å². The lowest BCUT2D eigenvalue weighted by Gasteiger charge is -2.15. The third kappa shape index (κ3) is 3.01. The van der Waals surface area contributed by atoms with Gasteiger partial charge in [-0.2, -0.15) is 21.2 Å². The molecule has 1 heterocycles. The normalized spacial score (nSPS) is 12.3. The minimum absolute atomic E-state index is 0.0823. The van der Waals surface area contributed by atoms with Crippen LogP contribution in [-0.2, 0) is 16.6 Å². The van der Waals surface area contributed by atoms with Gasteiger partial charge in [-0.25, -0.2) is 8.42 Å². The fourth-order valence-electron chi connectivity index (χ4n) is 1.32. The summed E-state index contributed by atoms with van der Waals surface area (Å²) in [6.45, 7) is 1.76. The number of sulfonamides is 1. The summed E-state index contributed by atoms with van der Waals surface area (Å²) in [6, 6.07) is 0. The van der Waals surface area contributed by atoms with Crippen molar-refractivity contribution < 1.29 is 13.5 Å². The number of thioether (sulfide) groups is 1. The highest BCUT2D eigenvalue weighted by Gasteiger charge is 2.27. The third-order valence-corrected chi connectivity index (χ3v) is 4.88. The monoisotopic (exact) mass is 279 g/mol. The Hall–Kier alpha value is -0.570. The molecule has 6 nitrogen and oxygen atoms in total. The molecule has 0 spiro atoms. The van der Waals surface area contributed by atoms with Gasteiger partial charge >= 0.3 is 0 Å². The van der Waals surface area contributed by atoms with Crippen molar-refractivity contribution in [3.8, 4) is 0 Å². The molecule has 0 saturated heterocycles. The van der Waals surface area contributed by atoms with Crippen LogP contribution < -0.4 is 0 Å². The first-order chi connectivity index (χ1) is 7.95. The number of nitrogens with one attached hydrogen (secondary N) is 1. The molecule has 17 heavy (non-hydrogen) atoms. The first-order valence-electron chi connectivity index (χ1n) is 5.05. The van der Waals surface area contributed by atoms with Gasteiger partial charge in [-0.3, -0.25) is 5.10 Å². The standard InChI is InChI=1S/C9H17N3O3S2/c1-7-8(6-13)9(11-10-7)17(14,15)12(2)4-5-16-3/h13H,4-6H2,1-3H3,(H,10,11). The summed E-state index contributed by atoms with van der Waals surface area (Å²) in [5.41, 5.74) is 0.908. The minimum atomic E-state index is -3.62. The van der Waals surface area contributed by atoms with E-state index < -0.39 is 10.0 Å². The molecule has 0 aliphatic heterocycles. The van der Waals surface area contributed by atoms with Crippen LogP contribution in [0.25, 0.3) is 0 Å². The molecule has 0 fully saturated rings. The maximum atomic E-state index is 12.2. The second-order valence-corrected chi connectivity index (χ2v) is 6.56. The van der Waals surface area contributed by atoms with Crippen LogP contribution in [0.15, 0.2) is 5.03 Å². The van der Waals surface area contributed by atoms with Crippen molar-refractivity contribution in [1.29, 1.82) is 0 Å². The molecule has 1 aromatic heterocycles. The van der Waals surface area contributed by atoms with Crippen molar-refractivity contribution >= 4 is 21.8 Å². The quantitative estimate of drug-likeness (QED) is 0.776. The number of aromatic amines is 1. The summed E-state index contributed by atoms with van der Waals surface area (Å²) >= 11 is 1.57. The fourth-order valence-corrected chi connectivity index (χ4v) is 3.21. The lowest BCUT2D eigenvalue weighted by Crippen LogP contribution is -2.30. The van der Waals surface area contributed by atoms with Gasteiger partial charge in [0.15, 0.2) is 5.03 Å². The number of aromatic nitrogens is 2. The Balaban J connectivity index is 3.04. The molecule has 0 radical (unpaired) electrons. The summed E-state index contributed by atoms with van der Waals surface area (Å²) in [7, 11) is -2.10. The van der Waals surface area contributed by atoms with Crippen LogP contribution in [0.1, 0.15) is 11.3 Å². The molecule has 8 heteroatoms. The van der Waals surface area contributed by atoms with Crippen molar-refractivity contribution in [1.82, 2.24) is 14.5 Å². The Labute approximate surface area is 105 Å². The zero-order chi connectivity index (χ0) is 13.1. The van der Waals surface area contributed by atoms with E-state index in [-0.39, 0.29) is 11.6 Å². The van der Waals surface area contributed by atoms with Crippen molar-refractivity contribution in [2.24, 2.45) is 0 Å². The molecule has 2 N–H and O–H groups in total. The summed E-state index contributed by atoms with van der Waals surface area (Å²) in [5, 5.41) is 15.4. The Morgan fingerprint density at radius 2 is 2.18 bits per heavy atom. The van der Waals surface area contributed by atoms with Crippen molar-refractivity contribution in [2.75, 3.05) is 25.6 Å². The Morgan fingerprint density at radius 1 is 1.53 bits per heavy atom. The number of hydrogen-bond donors (Lipinski definition) is 2. The van der Waals surface area contributed by atoms with Crippen molar-refractivity contribution in [3.05, 3.63) is 11.3 Å². The molecule has 0 aliphatic rings. The summed E-state index contributed by atoms with van der Waals surface area (Å²) < 4.78 is 25.6. The Bertz CT molecular complexity index is 470. The number of aryl methyl sites for hydroxylation is 1. The van der Waals surface area contributed by atoms with Crippen LogP contribution in [0.2, 0.25) is 0 Å². The van der Waals surface area contributed by atoms with E-state index in [1.54, 1.807) is 18.7 Å². The largest absolute Gasteiger partial charge is 0.392 e. The van der Waals surface area contributed by atoms with E-state index in [0.717, 1.165) is 0 Å². The second kappa shape index (κ2) is 5.85. The molecular formula is C9H17N3O3S2. The van der Waals surface area contributed by atoms with Gasteiger partial charge in [0.2, 0.25) is 0 Å². The molecule has 0 amide bonds. The number of aliphatic hydroxyl groups excluding tert-OH is 1. The van der Waals surface area contributed by atoms with Gasteiger partial charge in [-0.05, 0) is 13.2 Å². The molecule has 98 valence electrons. The predicted octanol–water partition coefficient (Wildman–Crippen LogP) is 0.194. The van der Waals surface area contributed by atoms with Gasteiger partial charge in [0.1, 0.15) is 0 Å². The van der Waals surface area contributed by atoms with Gasteiger partial charge in [0.25, 0.3) is 10.0 Å². The lowest BCUT2D eigenvalue weighted by molar-refractivity contribution is 0.277. The zero-order valence-electron chi connectivity index (χ0n) is 10.1. The first-order valence-corrected chi connectivity index (χ1v) is 7.88. The van der Waals surface area contributed by atoms with Gasteiger partial charge in [-0.1, -0.05) is 0 Å². The van der Waals surface area contributed by atoms with Crippen molar-refractivity contribution in [2.45, 2.75) is 18.6 Å². The highest BCUT2D eigenvalue weighted by Crippen LogP contribution is 2.19. The van der Waals surface area contributed by atoms with E-state index >= 15 is 0 Å². The molecule has 0 aliphatic carbocycles. The molecule has 0 unspecified atom stereocenters. The van der Waals surface area contributed by atoms with Crippen LogP contribution in [0.3, 0.4) is 0 Å². The van der Waals surface area contributed by atoms with Crippen LogP contribution in [-0.4, -0.2) is 53.6 Å². The number of rotatable bonds is 6. The van der Waals surface area contributed by atoms with E-state index in [9.17, 15) is 8.42 Å². The number of hydrogen-bond acceptors (Lipinski definition) is 5. The number of aliphatic hydroxyl groups is 1.